The van der Waals surface area contributed by atoms with Crippen LogP contribution >= 0.6 is 0 Å². The van der Waals surface area contributed by atoms with Gasteiger partial charge in [0.1, 0.15) is 0 Å². The van der Waals surface area contributed by atoms with Gasteiger partial charge in [-0.1, -0.05) is 18.2 Å². The van der Waals surface area contributed by atoms with Crippen LogP contribution in [0.2, 0.25) is 0 Å². The van der Waals surface area contributed by atoms with Crippen molar-refractivity contribution in [2.75, 3.05) is 11.1 Å². The third-order valence-corrected chi connectivity index (χ3v) is 3.67. The standard InChI is InChI=1S/C11H12N2O3S/c14-11(12-9-4-2-1-3-5-9)13-10-6-7-17(15,16)8-10/h1-7,10H,8H2,(H2,12,13,14)/t10-/m1/s1. The van der Waals surface area contributed by atoms with Gasteiger partial charge in [-0.15, -0.1) is 0 Å². The van der Waals surface area contributed by atoms with E-state index in [4.69, 9.17) is 0 Å². The number of nitrogens with one attached hydrogen (secondary N) is 2. The van der Waals surface area contributed by atoms with E-state index in [-0.39, 0.29) is 5.75 Å². The second-order valence-corrected chi connectivity index (χ2v) is 5.66. The Kier molecular flexibility index (Phi) is 3.14. The van der Waals surface area contributed by atoms with Crippen molar-refractivity contribution in [1.82, 2.24) is 5.32 Å². The van der Waals surface area contributed by atoms with E-state index >= 15 is 0 Å². The van der Waals surface area contributed by atoms with Crippen molar-refractivity contribution in [2.24, 2.45) is 0 Å². The Morgan fingerprint density at radius 1 is 1.24 bits per heavy atom. The summed E-state index contributed by atoms with van der Waals surface area (Å²) < 4.78 is 22.2. The van der Waals surface area contributed by atoms with Gasteiger partial charge in [-0.05, 0) is 18.2 Å². The number of sulfone groups is 1. The van der Waals surface area contributed by atoms with Crippen molar-refractivity contribution in [3.8, 4) is 0 Å². The Morgan fingerprint density at radius 3 is 2.53 bits per heavy atom. The van der Waals surface area contributed by atoms with Crippen LogP contribution < -0.4 is 10.6 Å². The number of carbonyl (C=O) groups excluding carboxylic acids is 1. The number of hydrogen-bond donors (Lipinski definition) is 2. The smallest absolute Gasteiger partial charge is 0.319 e. The van der Waals surface area contributed by atoms with Crippen LogP contribution in [0.4, 0.5) is 10.5 Å². The third kappa shape index (κ3) is 3.32. The lowest BCUT2D eigenvalue weighted by Crippen LogP contribution is -2.38. The topological polar surface area (TPSA) is 75.3 Å². The van der Waals surface area contributed by atoms with Gasteiger partial charge in [-0.3, -0.25) is 0 Å². The van der Waals surface area contributed by atoms with Crippen molar-refractivity contribution < 1.29 is 13.2 Å². The predicted octanol–water partition coefficient (Wildman–Crippen LogP) is 1.12. The van der Waals surface area contributed by atoms with Crippen molar-refractivity contribution in [2.45, 2.75) is 6.04 Å². The number of amides is 2. The molecule has 0 saturated carbocycles. The quantitative estimate of drug-likeness (QED) is 0.828. The van der Waals surface area contributed by atoms with E-state index in [9.17, 15) is 13.2 Å². The van der Waals surface area contributed by atoms with Gasteiger partial charge in [-0.25, -0.2) is 13.2 Å². The molecule has 0 aromatic heterocycles. The third-order valence-electron chi connectivity index (χ3n) is 2.28. The molecule has 0 radical (unpaired) electrons. The van der Waals surface area contributed by atoms with E-state index in [1.165, 1.54) is 6.08 Å². The molecule has 1 aromatic carbocycles. The second-order valence-electron chi connectivity index (χ2n) is 3.73. The summed E-state index contributed by atoms with van der Waals surface area (Å²) >= 11 is 0. The minimum Gasteiger partial charge on any atom is -0.331 e. The Labute approximate surface area is 99.4 Å². The van der Waals surface area contributed by atoms with Crippen molar-refractivity contribution in [1.29, 1.82) is 0 Å². The molecule has 1 heterocycles. The summed E-state index contributed by atoms with van der Waals surface area (Å²) in [4.78, 5) is 11.5. The van der Waals surface area contributed by atoms with Crippen LogP contribution in [0.25, 0.3) is 0 Å². The lowest BCUT2D eigenvalue weighted by molar-refractivity contribution is 0.251. The lowest BCUT2D eigenvalue weighted by Gasteiger charge is -2.11. The molecule has 0 bridgehead atoms. The van der Waals surface area contributed by atoms with Gasteiger partial charge in [-0.2, -0.15) is 0 Å². The summed E-state index contributed by atoms with van der Waals surface area (Å²) in [6.45, 7) is 0. The number of carbonyl (C=O) groups is 1. The van der Waals surface area contributed by atoms with Crippen LogP contribution in [0.5, 0.6) is 0 Å². The van der Waals surface area contributed by atoms with E-state index in [2.05, 4.69) is 10.6 Å². The highest BCUT2D eigenvalue weighted by molar-refractivity contribution is 7.94. The van der Waals surface area contributed by atoms with Crippen LogP contribution in [-0.4, -0.2) is 26.2 Å². The molecule has 90 valence electrons. The zero-order valence-electron chi connectivity index (χ0n) is 8.96. The molecule has 0 spiro atoms. The summed E-state index contributed by atoms with van der Waals surface area (Å²) in [6.07, 6.45) is 1.47. The summed E-state index contributed by atoms with van der Waals surface area (Å²) in [5.74, 6) is -0.0742. The highest BCUT2D eigenvalue weighted by Gasteiger charge is 2.22. The predicted molar refractivity (Wildman–Crippen MR) is 65.3 cm³/mol. The molecule has 0 unspecified atom stereocenters. The molecule has 2 amide bonds. The maximum atomic E-state index is 11.5. The zero-order chi connectivity index (χ0) is 12.3. The first kappa shape index (κ1) is 11.7. The number of anilines is 1. The number of urea groups is 1. The average Bonchev–Trinajstić information content (AvgIpc) is 2.59. The molecule has 1 atom stereocenters. The summed E-state index contributed by atoms with van der Waals surface area (Å²) in [6, 6.07) is 8.08. The Bertz CT molecular complexity index is 537. The molecule has 0 saturated heterocycles. The van der Waals surface area contributed by atoms with Crippen LogP contribution in [0.3, 0.4) is 0 Å². The first-order valence-corrected chi connectivity index (χ1v) is 6.80. The molecule has 1 aromatic rings. The van der Waals surface area contributed by atoms with Crippen LogP contribution in [0.15, 0.2) is 41.8 Å². The van der Waals surface area contributed by atoms with E-state index in [1.807, 2.05) is 6.07 Å². The molecular weight excluding hydrogens is 240 g/mol. The van der Waals surface area contributed by atoms with Gasteiger partial charge in [0.25, 0.3) is 0 Å². The largest absolute Gasteiger partial charge is 0.331 e. The first-order valence-electron chi connectivity index (χ1n) is 5.09. The van der Waals surface area contributed by atoms with E-state index in [1.54, 1.807) is 24.3 Å². The summed E-state index contributed by atoms with van der Waals surface area (Å²) in [7, 11) is -3.14. The molecule has 0 fully saturated rings. The fourth-order valence-corrected chi connectivity index (χ4v) is 2.76. The Morgan fingerprint density at radius 2 is 1.94 bits per heavy atom. The maximum absolute atomic E-state index is 11.5. The first-order chi connectivity index (χ1) is 8.05. The fourth-order valence-electron chi connectivity index (χ4n) is 1.52. The molecule has 2 rings (SSSR count). The normalized spacial score (nSPS) is 21.1. The number of para-hydroxylation sites is 1. The SMILES string of the molecule is O=C(Nc1ccccc1)N[C@@H]1C=CS(=O)(=O)C1. The second kappa shape index (κ2) is 4.58. The Hall–Kier alpha value is -1.82. The fraction of sp³-hybridized carbons (Fsp3) is 0.182. The van der Waals surface area contributed by atoms with Crippen molar-refractivity contribution in [3.63, 3.8) is 0 Å². The number of benzene rings is 1. The van der Waals surface area contributed by atoms with Gasteiger partial charge >= 0.3 is 6.03 Å². The van der Waals surface area contributed by atoms with E-state index in [0.29, 0.717) is 5.69 Å². The molecule has 6 heteroatoms. The number of hydrogen-bond acceptors (Lipinski definition) is 3. The van der Waals surface area contributed by atoms with E-state index in [0.717, 1.165) is 5.41 Å². The number of rotatable bonds is 2. The van der Waals surface area contributed by atoms with E-state index < -0.39 is 21.9 Å². The van der Waals surface area contributed by atoms with Gasteiger partial charge < -0.3 is 10.6 Å². The van der Waals surface area contributed by atoms with Gasteiger partial charge in [0.2, 0.25) is 0 Å². The lowest BCUT2D eigenvalue weighted by atomic mass is 10.3. The molecule has 5 nitrogen and oxygen atoms in total. The van der Waals surface area contributed by atoms with Crippen LogP contribution in [0, 0.1) is 0 Å². The van der Waals surface area contributed by atoms with Crippen LogP contribution in [0.1, 0.15) is 0 Å². The Balaban J connectivity index is 1.89. The average molecular weight is 252 g/mol. The minimum atomic E-state index is -3.14. The monoisotopic (exact) mass is 252 g/mol. The molecule has 1 aliphatic rings. The van der Waals surface area contributed by atoms with Gasteiger partial charge in [0.05, 0.1) is 11.8 Å². The molecule has 1 aliphatic heterocycles. The summed E-state index contributed by atoms with van der Waals surface area (Å²) in [5, 5.41) is 6.31. The molecule has 17 heavy (non-hydrogen) atoms. The summed E-state index contributed by atoms with van der Waals surface area (Å²) in [5.41, 5.74) is 0.662. The van der Waals surface area contributed by atoms with Gasteiger partial charge in [0, 0.05) is 11.1 Å². The van der Waals surface area contributed by atoms with Crippen LogP contribution in [-0.2, 0) is 9.84 Å². The molecular formula is C11H12N2O3S. The molecule has 0 aliphatic carbocycles. The minimum absolute atomic E-state index is 0.0742. The maximum Gasteiger partial charge on any atom is 0.319 e. The molecule has 2 N–H and O–H groups in total. The zero-order valence-corrected chi connectivity index (χ0v) is 9.78. The van der Waals surface area contributed by atoms with Gasteiger partial charge in [0.15, 0.2) is 9.84 Å². The van der Waals surface area contributed by atoms with Crippen molar-refractivity contribution >= 4 is 21.6 Å². The highest BCUT2D eigenvalue weighted by atomic mass is 32.2. The van der Waals surface area contributed by atoms with Crippen molar-refractivity contribution in [3.05, 3.63) is 41.8 Å². The highest BCUT2D eigenvalue weighted by Crippen LogP contribution is 2.09.